The molecule has 1 unspecified atom stereocenters. The minimum absolute atomic E-state index is 0.0157. The van der Waals surface area contributed by atoms with Crippen LogP contribution in [0.1, 0.15) is 42.6 Å². The van der Waals surface area contributed by atoms with E-state index in [-0.39, 0.29) is 12.1 Å². The smallest absolute Gasteiger partial charge is 0.385 e. The Kier molecular flexibility index (Phi) is 4.13. The van der Waals surface area contributed by atoms with Gasteiger partial charge in [0.2, 0.25) is 0 Å². The lowest BCUT2D eigenvalue weighted by molar-refractivity contribution is -0.137. The van der Waals surface area contributed by atoms with Crippen LogP contribution in [0, 0.1) is 0 Å². The van der Waals surface area contributed by atoms with Crippen LogP contribution in [0.4, 0.5) is 13.2 Å². The van der Waals surface area contributed by atoms with Gasteiger partial charge in [-0.1, -0.05) is 12.1 Å². The molecule has 2 heterocycles. The molecule has 1 aliphatic rings. The highest BCUT2D eigenvalue weighted by atomic mass is 19.4. The molecule has 3 rings (SSSR count). The highest BCUT2D eigenvalue weighted by Crippen LogP contribution is 2.40. The van der Waals surface area contributed by atoms with Gasteiger partial charge in [0.05, 0.1) is 29.1 Å². The number of hydrogen-bond acceptors (Lipinski definition) is 4. The van der Waals surface area contributed by atoms with Crippen LogP contribution >= 0.6 is 0 Å². The zero-order valence-corrected chi connectivity index (χ0v) is 13.4. The van der Waals surface area contributed by atoms with Crippen molar-refractivity contribution in [2.45, 2.75) is 43.6 Å². The third-order valence-electron chi connectivity index (χ3n) is 4.40. The lowest BCUT2D eigenvalue weighted by Crippen LogP contribution is -2.47. The first kappa shape index (κ1) is 16.9. The van der Waals surface area contributed by atoms with E-state index in [2.05, 4.69) is 15.5 Å². The van der Waals surface area contributed by atoms with Gasteiger partial charge in [0, 0.05) is 19.5 Å². The van der Waals surface area contributed by atoms with E-state index in [1.54, 1.807) is 13.2 Å². The van der Waals surface area contributed by atoms with Crippen molar-refractivity contribution in [2.24, 2.45) is 7.05 Å². The molecule has 24 heavy (non-hydrogen) atoms. The van der Waals surface area contributed by atoms with Crippen molar-refractivity contribution < 1.29 is 18.3 Å². The van der Waals surface area contributed by atoms with Gasteiger partial charge in [0.25, 0.3) is 0 Å². The van der Waals surface area contributed by atoms with Crippen LogP contribution in [0.25, 0.3) is 0 Å². The second-order valence-electron chi connectivity index (χ2n) is 6.39. The average Bonchev–Trinajstić information content (AvgIpc) is 2.92. The number of aryl methyl sites for hydroxylation is 1. The second kappa shape index (κ2) is 5.86. The molecule has 0 saturated carbocycles. The number of hydrogen-bond donors (Lipinski definition) is 2. The molecule has 5 nitrogen and oxygen atoms in total. The van der Waals surface area contributed by atoms with E-state index in [0.29, 0.717) is 24.1 Å². The van der Waals surface area contributed by atoms with Gasteiger partial charge >= 0.3 is 6.18 Å². The summed E-state index contributed by atoms with van der Waals surface area (Å²) in [6.45, 7) is 1.93. The summed E-state index contributed by atoms with van der Waals surface area (Å²) >= 11 is 0. The summed E-state index contributed by atoms with van der Waals surface area (Å²) < 4.78 is 38.1. The van der Waals surface area contributed by atoms with Crippen LogP contribution in [-0.2, 0) is 18.8 Å². The van der Waals surface area contributed by atoms with Gasteiger partial charge in [0.15, 0.2) is 0 Å². The lowest BCUT2D eigenvalue weighted by atomic mass is 9.78. The van der Waals surface area contributed by atoms with Crippen LogP contribution in [-0.4, -0.2) is 26.1 Å². The molecule has 1 aliphatic heterocycles. The number of aromatic nitrogens is 3. The van der Waals surface area contributed by atoms with Crippen molar-refractivity contribution in [1.29, 1.82) is 0 Å². The number of benzene rings is 1. The Morgan fingerprint density at radius 1 is 1.25 bits per heavy atom. The van der Waals surface area contributed by atoms with Crippen LogP contribution in [0.15, 0.2) is 30.5 Å². The number of nitrogens with zero attached hydrogens (tertiary/aromatic N) is 3. The summed E-state index contributed by atoms with van der Waals surface area (Å²) in [7, 11) is 1.71. The summed E-state index contributed by atoms with van der Waals surface area (Å²) in [5.74, 6) is 0. The second-order valence-corrected chi connectivity index (χ2v) is 6.39. The lowest BCUT2D eigenvalue weighted by Gasteiger charge is -2.40. The third kappa shape index (κ3) is 3.29. The molecular formula is C16H19F3N4O. The average molecular weight is 340 g/mol. The normalized spacial score (nSPS) is 28.1. The molecule has 0 aliphatic carbocycles. The monoisotopic (exact) mass is 340 g/mol. The molecule has 0 spiro atoms. The van der Waals surface area contributed by atoms with E-state index in [4.69, 9.17) is 0 Å². The largest absolute Gasteiger partial charge is 0.416 e. The Hall–Kier alpha value is -1.93. The number of halogens is 3. The highest BCUT2D eigenvalue weighted by Gasteiger charge is 2.40. The van der Waals surface area contributed by atoms with Crippen LogP contribution in [0.2, 0.25) is 0 Å². The van der Waals surface area contributed by atoms with Crippen LogP contribution in [0.5, 0.6) is 0 Å². The van der Waals surface area contributed by atoms with Gasteiger partial charge in [-0.05, 0) is 31.0 Å². The Balaban J connectivity index is 1.87. The predicted octanol–water partition coefficient (Wildman–Crippen LogP) is 2.53. The number of rotatable bonds is 2. The first-order valence-electron chi connectivity index (χ1n) is 7.70. The van der Waals surface area contributed by atoms with E-state index in [9.17, 15) is 18.3 Å². The molecule has 3 atom stereocenters. The quantitative estimate of drug-likeness (QED) is 0.882. The van der Waals surface area contributed by atoms with Crippen molar-refractivity contribution >= 4 is 0 Å². The van der Waals surface area contributed by atoms with Crippen LogP contribution < -0.4 is 5.32 Å². The predicted molar refractivity (Wildman–Crippen MR) is 80.9 cm³/mol. The minimum atomic E-state index is -4.38. The Bertz CT molecular complexity index is 713. The molecular weight excluding hydrogens is 321 g/mol. The molecule has 0 amide bonds. The molecule has 2 N–H and O–H groups in total. The topological polar surface area (TPSA) is 63.0 Å². The Morgan fingerprint density at radius 3 is 2.46 bits per heavy atom. The first-order chi connectivity index (χ1) is 11.2. The van der Waals surface area contributed by atoms with Gasteiger partial charge in [-0.2, -0.15) is 28.2 Å². The third-order valence-corrected chi connectivity index (χ3v) is 4.40. The van der Waals surface area contributed by atoms with Crippen LogP contribution in [0.3, 0.4) is 0 Å². The first-order valence-corrected chi connectivity index (χ1v) is 7.70. The highest BCUT2D eigenvalue weighted by molar-refractivity contribution is 5.30. The zero-order valence-electron chi connectivity index (χ0n) is 13.4. The number of alkyl halides is 3. The van der Waals surface area contributed by atoms with Gasteiger partial charge in [-0.3, -0.25) is 0 Å². The fourth-order valence-corrected chi connectivity index (χ4v) is 3.31. The molecule has 2 aromatic rings. The maximum atomic E-state index is 12.7. The fourth-order valence-electron chi connectivity index (χ4n) is 3.31. The fraction of sp³-hybridized carbons (Fsp3) is 0.500. The van der Waals surface area contributed by atoms with Crippen molar-refractivity contribution in [3.63, 3.8) is 0 Å². The van der Waals surface area contributed by atoms with Crippen molar-refractivity contribution in [3.05, 3.63) is 47.3 Å². The minimum Gasteiger partial charge on any atom is -0.385 e. The molecule has 0 radical (unpaired) electrons. The molecule has 8 heteroatoms. The SMILES string of the molecule is C[C@H]1CC(O)(c2ccc(C(F)(F)F)cc2)C[C@@H](c2cnn(C)n2)N1. The summed E-state index contributed by atoms with van der Waals surface area (Å²) in [4.78, 5) is 1.44. The number of nitrogens with one attached hydrogen (secondary N) is 1. The van der Waals surface area contributed by atoms with Gasteiger partial charge < -0.3 is 10.4 Å². The van der Waals surface area contributed by atoms with E-state index in [1.807, 2.05) is 6.92 Å². The van der Waals surface area contributed by atoms with E-state index in [1.165, 1.54) is 16.9 Å². The zero-order chi connectivity index (χ0) is 17.5. The van der Waals surface area contributed by atoms with Crippen molar-refractivity contribution in [2.75, 3.05) is 0 Å². The van der Waals surface area contributed by atoms with Crippen molar-refractivity contribution in [1.82, 2.24) is 20.3 Å². The van der Waals surface area contributed by atoms with E-state index < -0.39 is 17.3 Å². The van der Waals surface area contributed by atoms with Crippen molar-refractivity contribution in [3.8, 4) is 0 Å². The molecule has 1 aromatic heterocycles. The van der Waals surface area contributed by atoms with Gasteiger partial charge in [0.1, 0.15) is 0 Å². The summed E-state index contributed by atoms with van der Waals surface area (Å²) in [5, 5.41) is 22.7. The van der Waals surface area contributed by atoms with E-state index >= 15 is 0 Å². The summed E-state index contributed by atoms with van der Waals surface area (Å²) in [6, 6.07) is 4.51. The number of aliphatic hydroxyl groups is 1. The van der Waals surface area contributed by atoms with Gasteiger partial charge in [-0.15, -0.1) is 0 Å². The molecule has 1 aromatic carbocycles. The van der Waals surface area contributed by atoms with E-state index in [0.717, 1.165) is 12.1 Å². The molecule has 1 fully saturated rings. The Labute approximate surface area is 137 Å². The molecule has 0 bridgehead atoms. The Morgan fingerprint density at radius 2 is 1.92 bits per heavy atom. The summed E-state index contributed by atoms with van der Waals surface area (Å²) in [5.41, 5.74) is -0.744. The maximum Gasteiger partial charge on any atom is 0.416 e. The standard InChI is InChI=1S/C16H19F3N4O/c1-10-7-15(24,8-13(21-10)14-9-20-23(2)22-14)11-3-5-12(6-4-11)16(17,18)19/h3-6,9-10,13,21,24H,7-8H2,1-2H3/t10-,13-,15?/m0/s1. The molecule has 1 saturated heterocycles. The molecule has 130 valence electrons. The summed E-state index contributed by atoms with van der Waals surface area (Å²) in [6.07, 6.45) is -2.02. The number of piperidine rings is 1. The maximum absolute atomic E-state index is 12.7. The van der Waals surface area contributed by atoms with Gasteiger partial charge in [-0.25, -0.2) is 0 Å².